The molecule has 3 rings (SSSR count). The summed E-state index contributed by atoms with van der Waals surface area (Å²) in [5, 5.41) is 5.55. The van der Waals surface area contributed by atoms with Gasteiger partial charge < -0.3 is 15.4 Å². The first-order valence-corrected chi connectivity index (χ1v) is 9.89. The van der Waals surface area contributed by atoms with Gasteiger partial charge in [0.05, 0.1) is 6.04 Å². The van der Waals surface area contributed by atoms with E-state index < -0.39 is 24.0 Å². The van der Waals surface area contributed by atoms with E-state index in [1.54, 1.807) is 6.92 Å². The minimum Gasteiger partial charge on any atom is -0.406 e. The SMILES string of the molecule is CC(NC(=O)CCCN1C(=O)NC2(CCCC2)C1=O)c1ccc(OC(F)(F)F)cc1. The van der Waals surface area contributed by atoms with E-state index in [1.165, 1.54) is 29.2 Å². The van der Waals surface area contributed by atoms with Crippen molar-refractivity contribution in [1.82, 2.24) is 15.5 Å². The number of hydrogen-bond acceptors (Lipinski definition) is 4. The second kappa shape index (κ2) is 8.53. The minimum absolute atomic E-state index is 0.115. The monoisotopic (exact) mass is 427 g/mol. The van der Waals surface area contributed by atoms with Crippen molar-refractivity contribution in [2.75, 3.05) is 6.54 Å². The molecular formula is C20H24F3N3O4. The average Bonchev–Trinajstić information content (AvgIpc) is 3.21. The van der Waals surface area contributed by atoms with Crippen molar-refractivity contribution in [1.29, 1.82) is 0 Å². The van der Waals surface area contributed by atoms with Gasteiger partial charge in [-0.25, -0.2) is 4.79 Å². The molecule has 1 saturated carbocycles. The first kappa shape index (κ1) is 21.9. The summed E-state index contributed by atoms with van der Waals surface area (Å²) in [6.07, 6.45) is -1.20. The standard InChI is InChI=1S/C20H24F3N3O4/c1-13(14-6-8-15(9-7-14)30-20(21,22)23)24-16(27)5-4-12-26-17(28)19(25-18(26)29)10-2-3-11-19/h6-9,13H,2-5,10-12H2,1H3,(H,24,27)(H,25,29). The van der Waals surface area contributed by atoms with E-state index in [4.69, 9.17) is 0 Å². The summed E-state index contributed by atoms with van der Waals surface area (Å²) in [6, 6.07) is 4.43. The molecule has 10 heteroatoms. The van der Waals surface area contributed by atoms with Crippen molar-refractivity contribution >= 4 is 17.8 Å². The van der Waals surface area contributed by atoms with Gasteiger partial charge in [0.2, 0.25) is 5.91 Å². The number of carbonyl (C=O) groups is 3. The molecule has 1 aliphatic carbocycles. The number of carbonyl (C=O) groups excluding carboxylic acids is 3. The number of rotatable bonds is 7. The van der Waals surface area contributed by atoms with Gasteiger partial charge in [0.25, 0.3) is 5.91 Å². The van der Waals surface area contributed by atoms with Gasteiger partial charge in [0, 0.05) is 13.0 Å². The Morgan fingerprint density at radius 2 is 1.87 bits per heavy atom. The first-order valence-electron chi connectivity index (χ1n) is 9.89. The van der Waals surface area contributed by atoms with E-state index in [1.807, 2.05) is 0 Å². The van der Waals surface area contributed by atoms with Gasteiger partial charge in [-0.3, -0.25) is 14.5 Å². The van der Waals surface area contributed by atoms with Crippen molar-refractivity contribution in [3.05, 3.63) is 29.8 Å². The van der Waals surface area contributed by atoms with Crippen LogP contribution in [-0.4, -0.2) is 41.2 Å². The Morgan fingerprint density at radius 3 is 2.47 bits per heavy atom. The highest BCUT2D eigenvalue weighted by atomic mass is 19.4. The Hall–Kier alpha value is -2.78. The van der Waals surface area contributed by atoms with E-state index >= 15 is 0 Å². The van der Waals surface area contributed by atoms with Crippen LogP contribution in [0.2, 0.25) is 0 Å². The zero-order valence-corrected chi connectivity index (χ0v) is 16.6. The zero-order valence-electron chi connectivity index (χ0n) is 16.6. The number of amides is 4. The summed E-state index contributed by atoms with van der Waals surface area (Å²) >= 11 is 0. The van der Waals surface area contributed by atoms with Crippen molar-refractivity contribution in [3.63, 3.8) is 0 Å². The summed E-state index contributed by atoms with van der Waals surface area (Å²) < 4.78 is 40.4. The topological polar surface area (TPSA) is 87.7 Å². The Bertz CT molecular complexity index is 805. The van der Waals surface area contributed by atoms with Crippen LogP contribution in [0.1, 0.15) is 57.1 Å². The summed E-state index contributed by atoms with van der Waals surface area (Å²) in [5.74, 6) is -0.820. The van der Waals surface area contributed by atoms with E-state index in [-0.39, 0.29) is 30.5 Å². The summed E-state index contributed by atoms with van der Waals surface area (Å²) in [4.78, 5) is 38.0. The average molecular weight is 427 g/mol. The normalized spacial score (nSPS) is 19.1. The first-order chi connectivity index (χ1) is 14.1. The molecule has 1 aromatic rings. The maximum atomic E-state index is 12.6. The molecule has 1 heterocycles. The van der Waals surface area contributed by atoms with Crippen molar-refractivity contribution < 1.29 is 32.3 Å². The van der Waals surface area contributed by atoms with E-state index in [2.05, 4.69) is 15.4 Å². The third-order valence-electron chi connectivity index (χ3n) is 5.48. The largest absolute Gasteiger partial charge is 0.573 e. The van der Waals surface area contributed by atoms with Gasteiger partial charge in [0.1, 0.15) is 11.3 Å². The van der Waals surface area contributed by atoms with Crippen molar-refractivity contribution in [2.45, 2.75) is 63.4 Å². The summed E-state index contributed by atoms with van der Waals surface area (Å²) in [7, 11) is 0. The molecule has 1 atom stereocenters. The van der Waals surface area contributed by atoms with E-state index in [0.717, 1.165) is 12.8 Å². The summed E-state index contributed by atoms with van der Waals surface area (Å²) in [5.41, 5.74) is -0.134. The van der Waals surface area contributed by atoms with Crippen LogP contribution >= 0.6 is 0 Å². The fourth-order valence-corrected chi connectivity index (χ4v) is 3.95. The Kier molecular flexibility index (Phi) is 6.23. The third-order valence-corrected chi connectivity index (χ3v) is 5.48. The number of ether oxygens (including phenoxy) is 1. The van der Waals surface area contributed by atoms with Crippen LogP contribution in [0.4, 0.5) is 18.0 Å². The number of nitrogens with zero attached hydrogens (tertiary/aromatic N) is 1. The number of imide groups is 1. The molecule has 2 aliphatic rings. The highest BCUT2D eigenvalue weighted by Crippen LogP contribution is 2.35. The molecule has 1 aromatic carbocycles. The van der Waals surface area contributed by atoms with Crippen LogP contribution in [-0.2, 0) is 9.59 Å². The molecule has 2 N–H and O–H groups in total. The maximum Gasteiger partial charge on any atom is 0.573 e. The quantitative estimate of drug-likeness (QED) is 0.653. The Morgan fingerprint density at radius 1 is 1.23 bits per heavy atom. The van der Waals surface area contributed by atoms with Gasteiger partial charge in [-0.1, -0.05) is 25.0 Å². The van der Waals surface area contributed by atoms with Crippen LogP contribution in [0.3, 0.4) is 0 Å². The number of benzene rings is 1. The molecule has 1 unspecified atom stereocenters. The molecule has 0 aromatic heterocycles. The molecule has 7 nitrogen and oxygen atoms in total. The fourth-order valence-electron chi connectivity index (χ4n) is 3.95. The fraction of sp³-hybridized carbons (Fsp3) is 0.550. The number of hydrogen-bond donors (Lipinski definition) is 2. The minimum atomic E-state index is -4.76. The second-order valence-electron chi connectivity index (χ2n) is 7.69. The molecule has 1 aliphatic heterocycles. The lowest BCUT2D eigenvalue weighted by Gasteiger charge is -2.20. The van der Waals surface area contributed by atoms with Gasteiger partial charge in [-0.2, -0.15) is 0 Å². The van der Waals surface area contributed by atoms with Crippen molar-refractivity contribution in [2.24, 2.45) is 0 Å². The maximum absolute atomic E-state index is 12.6. The molecular weight excluding hydrogens is 403 g/mol. The molecule has 0 bridgehead atoms. The summed E-state index contributed by atoms with van der Waals surface area (Å²) in [6.45, 7) is 1.87. The van der Waals surface area contributed by atoms with Gasteiger partial charge in [-0.05, 0) is 43.9 Å². The van der Waals surface area contributed by atoms with Crippen molar-refractivity contribution in [3.8, 4) is 5.75 Å². The smallest absolute Gasteiger partial charge is 0.406 e. The number of urea groups is 1. The highest BCUT2D eigenvalue weighted by molar-refractivity contribution is 6.07. The second-order valence-corrected chi connectivity index (χ2v) is 7.69. The molecule has 0 radical (unpaired) electrons. The predicted molar refractivity (Wildman–Crippen MR) is 100 cm³/mol. The van der Waals surface area contributed by atoms with Crippen LogP contribution in [0, 0.1) is 0 Å². The lowest BCUT2D eigenvalue weighted by molar-refractivity contribution is -0.274. The van der Waals surface area contributed by atoms with Crippen LogP contribution in [0.15, 0.2) is 24.3 Å². The lowest BCUT2D eigenvalue weighted by atomic mass is 9.98. The van der Waals surface area contributed by atoms with E-state index in [9.17, 15) is 27.6 Å². The van der Waals surface area contributed by atoms with Gasteiger partial charge in [0.15, 0.2) is 0 Å². The predicted octanol–water partition coefficient (Wildman–Crippen LogP) is 3.41. The molecule has 2 fully saturated rings. The highest BCUT2D eigenvalue weighted by Gasteiger charge is 2.52. The number of alkyl halides is 3. The zero-order chi connectivity index (χ0) is 21.9. The molecule has 4 amide bonds. The van der Waals surface area contributed by atoms with Gasteiger partial charge in [-0.15, -0.1) is 13.2 Å². The Balaban J connectivity index is 1.44. The number of halogens is 3. The van der Waals surface area contributed by atoms with Gasteiger partial charge >= 0.3 is 12.4 Å². The number of nitrogens with one attached hydrogen (secondary N) is 2. The Labute approximate surface area is 171 Å². The molecule has 1 saturated heterocycles. The van der Waals surface area contributed by atoms with E-state index in [0.29, 0.717) is 24.8 Å². The third kappa shape index (κ3) is 5.03. The lowest BCUT2D eigenvalue weighted by Crippen LogP contribution is -2.44. The van der Waals surface area contributed by atoms with Crippen LogP contribution in [0.25, 0.3) is 0 Å². The van der Waals surface area contributed by atoms with Crippen LogP contribution in [0.5, 0.6) is 5.75 Å². The molecule has 164 valence electrons. The molecule has 1 spiro atoms. The van der Waals surface area contributed by atoms with Crippen LogP contribution < -0.4 is 15.4 Å². The molecule has 30 heavy (non-hydrogen) atoms.